The SMILES string of the molecule is COc1ccc(OC)c(-c2cnc(C(C)(C)C)[nH]2)c1. The summed E-state index contributed by atoms with van der Waals surface area (Å²) < 4.78 is 10.7. The third kappa shape index (κ3) is 2.72. The quantitative estimate of drug-likeness (QED) is 0.920. The third-order valence-corrected chi connectivity index (χ3v) is 2.98. The van der Waals surface area contributed by atoms with Crippen molar-refractivity contribution in [1.29, 1.82) is 0 Å². The van der Waals surface area contributed by atoms with Crippen LogP contribution in [0.1, 0.15) is 26.6 Å². The molecule has 0 bridgehead atoms. The first-order valence-electron chi connectivity index (χ1n) is 6.23. The zero-order valence-corrected chi connectivity index (χ0v) is 12.1. The topological polar surface area (TPSA) is 47.1 Å². The molecule has 0 saturated heterocycles. The minimum atomic E-state index is -0.00957. The molecule has 0 saturated carbocycles. The molecule has 0 aliphatic carbocycles. The Morgan fingerprint density at radius 1 is 1.11 bits per heavy atom. The molecule has 0 fully saturated rings. The summed E-state index contributed by atoms with van der Waals surface area (Å²) in [5.74, 6) is 2.54. The van der Waals surface area contributed by atoms with E-state index in [1.165, 1.54) is 0 Å². The first-order valence-corrected chi connectivity index (χ1v) is 6.23. The van der Waals surface area contributed by atoms with Crippen LogP contribution in [0.25, 0.3) is 11.3 Å². The van der Waals surface area contributed by atoms with Gasteiger partial charge in [0.15, 0.2) is 0 Å². The Balaban J connectivity index is 2.48. The molecule has 0 spiro atoms. The van der Waals surface area contributed by atoms with Crippen molar-refractivity contribution in [1.82, 2.24) is 9.97 Å². The van der Waals surface area contributed by atoms with Crippen molar-refractivity contribution in [3.05, 3.63) is 30.2 Å². The predicted molar refractivity (Wildman–Crippen MR) is 75.8 cm³/mol. The highest BCUT2D eigenvalue weighted by Gasteiger charge is 2.19. The van der Waals surface area contributed by atoms with E-state index in [0.717, 1.165) is 28.6 Å². The molecular weight excluding hydrogens is 240 g/mol. The van der Waals surface area contributed by atoms with Crippen molar-refractivity contribution in [2.24, 2.45) is 0 Å². The molecule has 0 aliphatic rings. The lowest BCUT2D eigenvalue weighted by atomic mass is 9.96. The summed E-state index contributed by atoms with van der Waals surface area (Å²) in [6, 6.07) is 5.72. The van der Waals surface area contributed by atoms with Crippen LogP contribution in [0.4, 0.5) is 0 Å². The number of nitrogens with zero attached hydrogens (tertiary/aromatic N) is 1. The zero-order valence-electron chi connectivity index (χ0n) is 12.1. The lowest BCUT2D eigenvalue weighted by molar-refractivity contribution is 0.404. The lowest BCUT2D eigenvalue weighted by Crippen LogP contribution is -2.13. The first-order chi connectivity index (χ1) is 8.95. The van der Waals surface area contributed by atoms with Crippen LogP contribution in [0.3, 0.4) is 0 Å². The fourth-order valence-electron chi connectivity index (χ4n) is 1.86. The van der Waals surface area contributed by atoms with Gasteiger partial charge in [-0.05, 0) is 18.2 Å². The van der Waals surface area contributed by atoms with Crippen LogP contribution in [0, 0.1) is 0 Å². The Hall–Kier alpha value is -1.97. The summed E-state index contributed by atoms with van der Waals surface area (Å²) in [4.78, 5) is 7.79. The van der Waals surface area contributed by atoms with E-state index in [9.17, 15) is 0 Å². The summed E-state index contributed by atoms with van der Waals surface area (Å²) in [5, 5.41) is 0. The highest BCUT2D eigenvalue weighted by atomic mass is 16.5. The Morgan fingerprint density at radius 2 is 1.84 bits per heavy atom. The molecule has 19 heavy (non-hydrogen) atoms. The second kappa shape index (κ2) is 4.96. The molecule has 0 amide bonds. The molecule has 0 aliphatic heterocycles. The maximum atomic E-state index is 5.39. The van der Waals surface area contributed by atoms with E-state index in [1.807, 2.05) is 24.4 Å². The second-order valence-electron chi connectivity index (χ2n) is 5.46. The maximum absolute atomic E-state index is 5.39. The number of ether oxygens (including phenoxy) is 2. The van der Waals surface area contributed by atoms with Crippen LogP contribution < -0.4 is 9.47 Å². The number of hydrogen-bond donors (Lipinski definition) is 1. The molecule has 2 rings (SSSR count). The van der Waals surface area contributed by atoms with Gasteiger partial charge in [-0.15, -0.1) is 0 Å². The average molecular weight is 260 g/mol. The van der Waals surface area contributed by atoms with Gasteiger partial charge in [0, 0.05) is 11.0 Å². The Kier molecular flexibility index (Phi) is 3.51. The Bertz CT molecular complexity index is 568. The number of nitrogens with one attached hydrogen (secondary N) is 1. The summed E-state index contributed by atoms with van der Waals surface area (Å²) in [7, 11) is 3.31. The molecule has 0 unspecified atom stereocenters. The highest BCUT2D eigenvalue weighted by molar-refractivity contribution is 5.68. The van der Waals surface area contributed by atoms with Crippen molar-refractivity contribution >= 4 is 0 Å². The molecule has 4 heteroatoms. The van der Waals surface area contributed by atoms with Gasteiger partial charge >= 0.3 is 0 Å². The number of imidazole rings is 1. The minimum absolute atomic E-state index is 0.00957. The van der Waals surface area contributed by atoms with Crippen molar-refractivity contribution in [3.8, 4) is 22.8 Å². The maximum Gasteiger partial charge on any atom is 0.128 e. The molecule has 1 heterocycles. The number of benzene rings is 1. The standard InChI is InChI=1S/C15H20N2O2/c1-15(2,3)14-16-9-12(17-14)11-8-10(18-4)6-7-13(11)19-5/h6-9H,1-5H3,(H,16,17). The van der Waals surface area contributed by atoms with Gasteiger partial charge in [0.25, 0.3) is 0 Å². The van der Waals surface area contributed by atoms with Gasteiger partial charge in [-0.3, -0.25) is 0 Å². The first kappa shape index (κ1) is 13.5. The smallest absolute Gasteiger partial charge is 0.128 e. The summed E-state index contributed by atoms with van der Waals surface area (Å²) in [6.07, 6.45) is 1.83. The molecule has 0 atom stereocenters. The van der Waals surface area contributed by atoms with Crippen molar-refractivity contribution in [2.75, 3.05) is 14.2 Å². The van der Waals surface area contributed by atoms with Crippen molar-refractivity contribution in [2.45, 2.75) is 26.2 Å². The molecule has 1 N–H and O–H groups in total. The minimum Gasteiger partial charge on any atom is -0.497 e. The van der Waals surface area contributed by atoms with Crippen LogP contribution in [0.5, 0.6) is 11.5 Å². The van der Waals surface area contributed by atoms with Crippen LogP contribution in [0.15, 0.2) is 24.4 Å². The number of methoxy groups -OCH3 is 2. The van der Waals surface area contributed by atoms with E-state index in [2.05, 4.69) is 30.7 Å². The summed E-state index contributed by atoms with van der Waals surface area (Å²) >= 11 is 0. The fourth-order valence-corrected chi connectivity index (χ4v) is 1.86. The lowest BCUT2D eigenvalue weighted by Gasteiger charge is -2.14. The molecule has 2 aromatic rings. The number of rotatable bonds is 3. The monoisotopic (exact) mass is 260 g/mol. The Morgan fingerprint density at radius 3 is 2.37 bits per heavy atom. The Labute approximate surface area is 113 Å². The normalized spacial score (nSPS) is 11.4. The summed E-state index contributed by atoms with van der Waals surface area (Å²) in [6.45, 7) is 6.37. The van der Waals surface area contributed by atoms with Gasteiger partial charge in [-0.2, -0.15) is 0 Å². The van der Waals surface area contributed by atoms with Gasteiger partial charge < -0.3 is 14.5 Å². The van der Waals surface area contributed by atoms with E-state index in [4.69, 9.17) is 9.47 Å². The van der Waals surface area contributed by atoms with E-state index in [1.54, 1.807) is 14.2 Å². The van der Waals surface area contributed by atoms with E-state index in [-0.39, 0.29) is 5.41 Å². The van der Waals surface area contributed by atoms with Gasteiger partial charge in [-0.25, -0.2) is 4.98 Å². The van der Waals surface area contributed by atoms with Gasteiger partial charge in [0.2, 0.25) is 0 Å². The summed E-state index contributed by atoms with van der Waals surface area (Å²) in [5.41, 5.74) is 1.87. The second-order valence-corrected chi connectivity index (χ2v) is 5.46. The van der Waals surface area contributed by atoms with Crippen LogP contribution in [-0.2, 0) is 5.41 Å². The number of hydrogen-bond acceptors (Lipinski definition) is 3. The van der Waals surface area contributed by atoms with E-state index < -0.39 is 0 Å². The van der Waals surface area contributed by atoms with Gasteiger partial charge in [0.1, 0.15) is 17.3 Å². The largest absolute Gasteiger partial charge is 0.497 e. The number of H-pyrrole nitrogens is 1. The van der Waals surface area contributed by atoms with Crippen LogP contribution in [0.2, 0.25) is 0 Å². The third-order valence-electron chi connectivity index (χ3n) is 2.98. The molecule has 102 valence electrons. The van der Waals surface area contributed by atoms with Gasteiger partial charge in [0.05, 0.1) is 26.1 Å². The number of aromatic nitrogens is 2. The van der Waals surface area contributed by atoms with Crippen molar-refractivity contribution < 1.29 is 9.47 Å². The van der Waals surface area contributed by atoms with Crippen molar-refractivity contribution in [3.63, 3.8) is 0 Å². The van der Waals surface area contributed by atoms with E-state index in [0.29, 0.717) is 0 Å². The fraction of sp³-hybridized carbons (Fsp3) is 0.400. The van der Waals surface area contributed by atoms with Crippen LogP contribution in [-0.4, -0.2) is 24.2 Å². The molecule has 4 nitrogen and oxygen atoms in total. The molecule has 1 aromatic carbocycles. The number of aromatic amines is 1. The van der Waals surface area contributed by atoms with E-state index >= 15 is 0 Å². The van der Waals surface area contributed by atoms with Crippen LogP contribution >= 0.6 is 0 Å². The average Bonchev–Trinajstić information content (AvgIpc) is 2.87. The highest BCUT2D eigenvalue weighted by Crippen LogP contribution is 2.33. The molecular formula is C15H20N2O2. The van der Waals surface area contributed by atoms with Gasteiger partial charge in [-0.1, -0.05) is 20.8 Å². The predicted octanol–water partition coefficient (Wildman–Crippen LogP) is 3.39. The molecule has 1 aromatic heterocycles. The zero-order chi connectivity index (χ0) is 14.0. The molecule has 0 radical (unpaired) electrons.